The summed E-state index contributed by atoms with van der Waals surface area (Å²) in [5.74, 6) is -2.55. The summed E-state index contributed by atoms with van der Waals surface area (Å²) in [5.41, 5.74) is 0.193. The molecule has 0 bridgehead atoms. The van der Waals surface area contributed by atoms with Crippen molar-refractivity contribution in [2.45, 2.75) is 6.42 Å². The van der Waals surface area contributed by atoms with Crippen LogP contribution in [0.3, 0.4) is 0 Å². The molecule has 0 aliphatic carbocycles. The van der Waals surface area contributed by atoms with Gasteiger partial charge in [-0.05, 0) is 11.6 Å². The van der Waals surface area contributed by atoms with E-state index in [-0.39, 0.29) is 23.4 Å². The molecule has 19 heavy (non-hydrogen) atoms. The van der Waals surface area contributed by atoms with Crippen molar-refractivity contribution in [1.82, 2.24) is 10.2 Å². The molecule has 0 spiro atoms. The molecule has 1 aromatic heterocycles. The fourth-order valence-corrected chi connectivity index (χ4v) is 1.93. The van der Waals surface area contributed by atoms with E-state index in [0.717, 1.165) is 0 Å². The highest BCUT2D eigenvalue weighted by Gasteiger charge is 2.23. The minimum absolute atomic E-state index is 0.0828. The zero-order valence-corrected chi connectivity index (χ0v) is 10.3. The van der Waals surface area contributed by atoms with Crippen LogP contribution in [0.15, 0.2) is 24.3 Å². The highest BCUT2D eigenvalue weighted by molar-refractivity contribution is 6.31. The number of carboxylic acid groups (broad SMARTS) is 2. The van der Waals surface area contributed by atoms with E-state index in [1.165, 1.54) is 0 Å². The summed E-state index contributed by atoms with van der Waals surface area (Å²) in [6, 6.07) is 6.82. The van der Waals surface area contributed by atoms with Crippen LogP contribution in [0.4, 0.5) is 0 Å². The van der Waals surface area contributed by atoms with E-state index in [1.54, 1.807) is 24.3 Å². The average molecular weight is 281 g/mol. The second-order valence-electron chi connectivity index (χ2n) is 3.80. The van der Waals surface area contributed by atoms with Crippen LogP contribution in [0, 0.1) is 0 Å². The molecule has 0 aliphatic rings. The SMILES string of the molecule is O=C(O)c1n[nH]c(C(=O)O)c1Cc1ccccc1Cl. The summed E-state index contributed by atoms with van der Waals surface area (Å²) in [6.07, 6.45) is 0.0828. The molecule has 2 rings (SSSR count). The molecule has 7 heteroatoms. The van der Waals surface area contributed by atoms with Crippen LogP contribution in [0.1, 0.15) is 32.1 Å². The Morgan fingerprint density at radius 2 is 1.89 bits per heavy atom. The molecular formula is C12H9ClN2O4. The van der Waals surface area contributed by atoms with Gasteiger partial charge in [0.2, 0.25) is 0 Å². The summed E-state index contributed by atoms with van der Waals surface area (Å²) in [7, 11) is 0. The van der Waals surface area contributed by atoms with Crippen LogP contribution in [-0.4, -0.2) is 32.3 Å². The zero-order valence-electron chi connectivity index (χ0n) is 9.55. The summed E-state index contributed by atoms with van der Waals surface area (Å²) in [4.78, 5) is 22.1. The number of nitrogens with one attached hydrogen (secondary N) is 1. The van der Waals surface area contributed by atoms with E-state index in [9.17, 15) is 9.59 Å². The first-order chi connectivity index (χ1) is 9.00. The second kappa shape index (κ2) is 5.11. The highest BCUT2D eigenvalue weighted by Crippen LogP contribution is 2.22. The molecule has 0 atom stereocenters. The topological polar surface area (TPSA) is 103 Å². The Kier molecular flexibility index (Phi) is 3.52. The zero-order chi connectivity index (χ0) is 14.0. The Morgan fingerprint density at radius 1 is 1.21 bits per heavy atom. The van der Waals surface area contributed by atoms with E-state index >= 15 is 0 Å². The number of hydrogen-bond acceptors (Lipinski definition) is 3. The number of carbonyl (C=O) groups is 2. The van der Waals surface area contributed by atoms with Gasteiger partial charge < -0.3 is 10.2 Å². The number of rotatable bonds is 4. The largest absolute Gasteiger partial charge is 0.477 e. The van der Waals surface area contributed by atoms with Crippen LogP contribution in [0.25, 0.3) is 0 Å². The minimum Gasteiger partial charge on any atom is -0.477 e. The van der Waals surface area contributed by atoms with Crippen molar-refractivity contribution in [2.75, 3.05) is 0 Å². The van der Waals surface area contributed by atoms with E-state index in [4.69, 9.17) is 21.8 Å². The molecule has 1 aromatic carbocycles. The molecule has 0 aliphatic heterocycles. The number of aromatic nitrogens is 2. The maximum Gasteiger partial charge on any atom is 0.356 e. The Labute approximate surface area is 112 Å². The second-order valence-corrected chi connectivity index (χ2v) is 4.21. The third-order valence-electron chi connectivity index (χ3n) is 2.61. The highest BCUT2D eigenvalue weighted by atomic mass is 35.5. The van der Waals surface area contributed by atoms with Crippen LogP contribution >= 0.6 is 11.6 Å². The maximum atomic E-state index is 11.0. The van der Waals surface area contributed by atoms with E-state index in [2.05, 4.69) is 10.2 Å². The molecule has 0 amide bonds. The molecule has 0 saturated carbocycles. The van der Waals surface area contributed by atoms with Gasteiger partial charge in [0, 0.05) is 17.0 Å². The Balaban J connectivity index is 2.49. The number of carboxylic acids is 2. The third-order valence-corrected chi connectivity index (χ3v) is 2.98. The first-order valence-corrected chi connectivity index (χ1v) is 5.65. The van der Waals surface area contributed by atoms with Crippen molar-refractivity contribution in [3.63, 3.8) is 0 Å². The lowest BCUT2D eigenvalue weighted by molar-refractivity contribution is 0.0683. The number of hydrogen-bond donors (Lipinski definition) is 3. The van der Waals surface area contributed by atoms with Gasteiger partial charge in [-0.3, -0.25) is 5.10 Å². The number of nitrogens with zero attached hydrogens (tertiary/aromatic N) is 1. The van der Waals surface area contributed by atoms with E-state index < -0.39 is 11.9 Å². The molecule has 6 nitrogen and oxygen atoms in total. The lowest BCUT2D eigenvalue weighted by Crippen LogP contribution is -2.06. The number of benzene rings is 1. The molecule has 0 unspecified atom stereocenters. The molecule has 1 heterocycles. The maximum absolute atomic E-state index is 11.0. The van der Waals surface area contributed by atoms with E-state index in [1.807, 2.05) is 0 Å². The van der Waals surface area contributed by atoms with E-state index in [0.29, 0.717) is 10.6 Å². The number of H-pyrrole nitrogens is 1. The fraction of sp³-hybridized carbons (Fsp3) is 0.0833. The Hall–Kier alpha value is -2.34. The van der Waals surface area contributed by atoms with Gasteiger partial charge in [0.1, 0.15) is 5.69 Å². The summed E-state index contributed by atoms with van der Waals surface area (Å²) >= 11 is 5.98. The molecule has 2 aromatic rings. The lowest BCUT2D eigenvalue weighted by Gasteiger charge is -2.04. The first-order valence-electron chi connectivity index (χ1n) is 5.28. The standard InChI is InChI=1S/C12H9ClN2O4/c13-8-4-2-1-3-6(8)5-7-9(11(16)17)14-15-10(7)12(18)19/h1-4H,5H2,(H,14,15)(H,16,17)(H,18,19). The smallest absolute Gasteiger partial charge is 0.356 e. The Bertz CT molecular complexity index is 619. The Morgan fingerprint density at radius 3 is 2.47 bits per heavy atom. The van der Waals surface area contributed by atoms with Gasteiger partial charge in [-0.1, -0.05) is 29.8 Å². The van der Waals surface area contributed by atoms with Gasteiger partial charge in [0.15, 0.2) is 5.69 Å². The van der Waals surface area contributed by atoms with Gasteiger partial charge in [0.25, 0.3) is 0 Å². The van der Waals surface area contributed by atoms with Crippen molar-refractivity contribution in [3.05, 3.63) is 51.8 Å². The van der Waals surface area contributed by atoms with Crippen molar-refractivity contribution in [3.8, 4) is 0 Å². The van der Waals surface area contributed by atoms with Gasteiger partial charge in [-0.25, -0.2) is 9.59 Å². The predicted molar refractivity (Wildman–Crippen MR) is 66.8 cm³/mol. The molecule has 0 fully saturated rings. The van der Waals surface area contributed by atoms with Gasteiger partial charge in [-0.2, -0.15) is 5.10 Å². The van der Waals surface area contributed by atoms with Gasteiger partial charge in [-0.15, -0.1) is 0 Å². The minimum atomic E-state index is -1.29. The first kappa shape index (κ1) is 13.1. The predicted octanol–water partition coefficient (Wildman–Crippen LogP) is 2.05. The summed E-state index contributed by atoms with van der Waals surface area (Å²) in [6.45, 7) is 0. The monoisotopic (exact) mass is 280 g/mol. The number of halogens is 1. The van der Waals surface area contributed by atoms with Gasteiger partial charge >= 0.3 is 11.9 Å². The summed E-state index contributed by atoms with van der Waals surface area (Å²) in [5, 5.41) is 24.2. The average Bonchev–Trinajstić information content (AvgIpc) is 2.76. The lowest BCUT2D eigenvalue weighted by atomic mass is 10.0. The van der Waals surface area contributed by atoms with Crippen LogP contribution in [0.2, 0.25) is 5.02 Å². The quantitative estimate of drug-likeness (QED) is 0.795. The number of aromatic amines is 1. The van der Waals surface area contributed by atoms with Crippen molar-refractivity contribution in [2.24, 2.45) is 0 Å². The molecule has 0 saturated heterocycles. The number of aromatic carboxylic acids is 2. The normalized spacial score (nSPS) is 10.4. The van der Waals surface area contributed by atoms with Crippen LogP contribution < -0.4 is 0 Å². The molecular weight excluding hydrogens is 272 g/mol. The summed E-state index contributed by atoms with van der Waals surface area (Å²) < 4.78 is 0. The molecule has 3 N–H and O–H groups in total. The van der Waals surface area contributed by atoms with Crippen molar-refractivity contribution >= 4 is 23.5 Å². The van der Waals surface area contributed by atoms with Gasteiger partial charge in [0.05, 0.1) is 0 Å². The fourth-order valence-electron chi connectivity index (χ4n) is 1.72. The molecule has 98 valence electrons. The van der Waals surface area contributed by atoms with Crippen LogP contribution in [-0.2, 0) is 6.42 Å². The van der Waals surface area contributed by atoms with Crippen molar-refractivity contribution in [1.29, 1.82) is 0 Å². The third kappa shape index (κ3) is 2.58. The molecule has 0 radical (unpaired) electrons. The van der Waals surface area contributed by atoms with Crippen LogP contribution in [0.5, 0.6) is 0 Å². The van der Waals surface area contributed by atoms with Crippen molar-refractivity contribution < 1.29 is 19.8 Å².